The fraction of sp³-hybridized carbons (Fsp3) is 0.500. The van der Waals surface area contributed by atoms with Crippen LogP contribution in [0.3, 0.4) is 0 Å². The molecule has 64 valence electrons. The van der Waals surface area contributed by atoms with Crippen molar-refractivity contribution in [1.29, 1.82) is 0 Å². The summed E-state index contributed by atoms with van der Waals surface area (Å²) in [5.41, 5.74) is 0.00116. The number of carboxylic acids is 1. The molecule has 4 nitrogen and oxygen atoms in total. The van der Waals surface area contributed by atoms with Crippen molar-refractivity contribution in [2.24, 2.45) is 0 Å². The Balaban J connectivity index is 2.35. The summed E-state index contributed by atoms with van der Waals surface area (Å²) in [6.07, 6.45) is 5.28. The molecule has 0 unspecified atom stereocenters. The molecule has 0 spiro atoms. The summed E-state index contributed by atoms with van der Waals surface area (Å²) in [5, 5.41) is 12.5. The molecule has 0 radical (unpaired) electrons. The topological polar surface area (TPSA) is 63.3 Å². The van der Waals surface area contributed by atoms with Gasteiger partial charge in [-0.25, -0.2) is 0 Å². The lowest BCUT2D eigenvalue weighted by molar-refractivity contribution is -0.147. The van der Waals surface area contributed by atoms with Gasteiger partial charge in [0.2, 0.25) is 0 Å². The van der Waals surface area contributed by atoms with Crippen molar-refractivity contribution in [3.63, 3.8) is 0 Å². The van der Waals surface area contributed by atoms with Crippen LogP contribution in [0.25, 0.3) is 0 Å². The van der Waals surface area contributed by atoms with Gasteiger partial charge in [-0.2, -0.15) is 0 Å². The molecule has 1 N–H and O–H groups in total. The first kappa shape index (κ1) is 7.34. The van der Waals surface area contributed by atoms with Gasteiger partial charge in [0.15, 0.2) is 0 Å². The third-order valence-corrected chi connectivity index (χ3v) is 2.60. The van der Waals surface area contributed by atoms with Crippen molar-refractivity contribution in [1.82, 2.24) is 5.16 Å². The molecule has 1 saturated carbocycles. The van der Waals surface area contributed by atoms with Gasteiger partial charge in [0, 0.05) is 5.56 Å². The first-order chi connectivity index (χ1) is 5.76. The summed E-state index contributed by atoms with van der Waals surface area (Å²) in [4.78, 5) is 10.9. The zero-order chi connectivity index (χ0) is 8.60. The van der Waals surface area contributed by atoms with Gasteiger partial charge in [0.05, 0.1) is 11.6 Å². The van der Waals surface area contributed by atoms with Gasteiger partial charge in [-0.05, 0) is 12.8 Å². The Morgan fingerprint density at radius 3 is 2.75 bits per heavy atom. The monoisotopic (exact) mass is 167 g/mol. The average molecular weight is 167 g/mol. The molecule has 0 amide bonds. The zero-order valence-corrected chi connectivity index (χ0v) is 6.49. The van der Waals surface area contributed by atoms with Gasteiger partial charge < -0.3 is 9.63 Å². The van der Waals surface area contributed by atoms with E-state index in [2.05, 4.69) is 9.68 Å². The Labute approximate surface area is 69.2 Å². The maximum Gasteiger partial charge on any atom is 0.314 e. The van der Waals surface area contributed by atoms with Crippen molar-refractivity contribution >= 4 is 5.97 Å². The Bertz CT molecular complexity index is 287. The molecule has 1 aromatic rings. The minimum absolute atomic E-state index is 0.694. The van der Waals surface area contributed by atoms with Crippen LogP contribution in [0, 0.1) is 0 Å². The Morgan fingerprint density at radius 2 is 2.42 bits per heavy atom. The van der Waals surface area contributed by atoms with E-state index in [4.69, 9.17) is 5.11 Å². The molecule has 1 fully saturated rings. The van der Waals surface area contributed by atoms with Crippen LogP contribution < -0.4 is 0 Å². The van der Waals surface area contributed by atoms with Crippen LogP contribution >= 0.6 is 0 Å². The molecule has 12 heavy (non-hydrogen) atoms. The molecule has 1 aromatic heterocycles. The highest BCUT2D eigenvalue weighted by Crippen LogP contribution is 2.43. The van der Waals surface area contributed by atoms with Crippen LogP contribution in [-0.4, -0.2) is 16.2 Å². The molecule has 0 bridgehead atoms. The highest BCUT2D eigenvalue weighted by atomic mass is 16.5. The molecule has 1 aliphatic rings. The van der Waals surface area contributed by atoms with E-state index in [0.717, 1.165) is 6.42 Å². The van der Waals surface area contributed by atoms with E-state index >= 15 is 0 Å². The fourth-order valence-electron chi connectivity index (χ4n) is 1.60. The SMILES string of the molecule is O=C(O)C1(c2cnoc2)CCC1. The van der Waals surface area contributed by atoms with E-state index in [0.29, 0.717) is 18.4 Å². The minimum atomic E-state index is -0.767. The molecule has 4 heteroatoms. The van der Waals surface area contributed by atoms with Crippen LogP contribution in [0.1, 0.15) is 24.8 Å². The van der Waals surface area contributed by atoms with Gasteiger partial charge in [-0.15, -0.1) is 0 Å². The van der Waals surface area contributed by atoms with Gasteiger partial charge in [-0.3, -0.25) is 4.79 Å². The van der Waals surface area contributed by atoms with Gasteiger partial charge in [0.1, 0.15) is 6.26 Å². The summed E-state index contributed by atoms with van der Waals surface area (Å²) >= 11 is 0. The molecular weight excluding hydrogens is 158 g/mol. The van der Waals surface area contributed by atoms with Crippen LogP contribution in [0.5, 0.6) is 0 Å². The van der Waals surface area contributed by atoms with Crippen LogP contribution in [-0.2, 0) is 10.2 Å². The maximum atomic E-state index is 10.9. The molecule has 1 aliphatic carbocycles. The summed E-state index contributed by atoms with van der Waals surface area (Å²) in [6.45, 7) is 0. The van der Waals surface area contributed by atoms with Gasteiger partial charge in [0.25, 0.3) is 0 Å². The van der Waals surface area contributed by atoms with E-state index < -0.39 is 11.4 Å². The summed E-state index contributed by atoms with van der Waals surface area (Å²) in [5.74, 6) is -0.767. The summed E-state index contributed by atoms with van der Waals surface area (Å²) in [6, 6.07) is 0. The second-order valence-electron chi connectivity index (χ2n) is 3.15. The number of nitrogens with zero attached hydrogens (tertiary/aromatic N) is 1. The zero-order valence-electron chi connectivity index (χ0n) is 6.49. The smallest absolute Gasteiger partial charge is 0.314 e. The molecular formula is C8H9NO3. The van der Waals surface area contributed by atoms with Gasteiger partial charge >= 0.3 is 5.97 Å². The lowest BCUT2D eigenvalue weighted by atomic mass is 9.65. The quantitative estimate of drug-likeness (QED) is 0.718. The molecule has 0 atom stereocenters. The standard InChI is InChI=1S/C8H9NO3/c10-7(11)8(2-1-3-8)6-4-9-12-5-6/h4-5H,1-3H2,(H,10,11). The second kappa shape index (κ2) is 2.33. The summed E-state index contributed by atoms with van der Waals surface area (Å²) < 4.78 is 4.63. The Kier molecular flexibility index (Phi) is 1.43. The Morgan fingerprint density at radius 1 is 1.67 bits per heavy atom. The van der Waals surface area contributed by atoms with E-state index in [-0.39, 0.29) is 0 Å². The second-order valence-corrected chi connectivity index (χ2v) is 3.15. The first-order valence-electron chi connectivity index (χ1n) is 3.89. The number of carbonyl (C=O) groups is 1. The molecule has 0 aliphatic heterocycles. The van der Waals surface area contributed by atoms with E-state index in [1.807, 2.05) is 0 Å². The number of carboxylic acid groups (broad SMARTS) is 1. The fourth-order valence-corrected chi connectivity index (χ4v) is 1.60. The maximum absolute atomic E-state index is 10.9. The molecule has 0 aromatic carbocycles. The third kappa shape index (κ3) is 0.776. The minimum Gasteiger partial charge on any atom is -0.481 e. The number of rotatable bonds is 2. The number of hydrogen-bond donors (Lipinski definition) is 1. The number of aromatic nitrogens is 1. The predicted molar refractivity (Wildman–Crippen MR) is 39.7 cm³/mol. The van der Waals surface area contributed by atoms with E-state index in [1.54, 1.807) is 0 Å². The predicted octanol–water partition coefficient (Wildman–Crippen LogP) is 1.18. The van der Waals surface area contributed by atoms with Crippen LogP contribution in [0.15, 0.2) is 17.0 Å². The molecule has 1 heterocycles. The van der Waals surface area contributed by atoms with Crippen molar-refractivity contribution < 1.29 is 14.4 Å². The van der Waals surface area contributed by atoms with Crippen LogP contribution in [0.2, 0.25) is 0 Å². The first-order valence-corrected chi connectivity index (χ1v) is 3.89. The summed E-state index contributed by atoms with van der Waals surface area (Å²) in [7, 11) is 0. The van der Waals surface area contributed by atoms with Crippen LogP contribution in [0.4, 0.5) is 0 Å². The molecule has 2 rings (SSSR count). The van der Waals surface area contributed by atoms with Crippen molar-refractivity contribution in [2.75, 3.05) is 0 Å². The number of aliphatic carboxylic acids is 1. The molecule has 0 saturated heterocycles. The average Bonchev–Trinajstić information content (AvgIpc) is 2.35. The lowest BCUT2D eigenvalue weighted by Crippen LogP contribution is -2.41. The van der Waals surface area contributed by atoms with Crippen molar-refractivity contribution in [3.05, 3.63) is 18.0 Å². The highest BCUT2D eigenvalue weighted by molar-refractivity contribution is 5.82. The largest absolute Gasteiger partial charge is 0.481 e. The van der Waals surface area contributed by atoms with Gasteiger partial charge in [-0.1, -0.05) is 11.6 Å². The third-order valence-electron chi connectivity index (χ3n) is 2.60. The Hall–Kier alpha value is -1.32. The normalized spacial score (nSPS) is 20.0. The van der Waals surface area contributed by atoms with Crippen molar-refractivity contribution in [2.45, 2.75) is 24.7 Å². The number of hydrogen-bond acceptors (Lipinski definition) is 3. The highest BCUT2D eigenvalue weighted by Gasteiger charge is 2.46. The lowest BCUT2D eigenvalue weighted by Gasteiger charge is -2.36. The van der Waals surface area contributed by atoms with E-state index in [1.165, 1.54) is 12.5 Å². The van der Waals surface area contributed by atoms with Crippen molar-refractivity contribution in [3.8, 4) is 0 Å². The van der Waals surface area contributed by atoms with E-state index in [9.17, 15) is 4.79 Å².